The van der Waals surface area contributed by atoms with Gasteiger partial charge in [-0.25, -0.2) is 27.1 Å². The highest BCUT2D eigenvalue weighted by Gasteiger charge is 2.44. The number of carbonyl (C=O) groups excluding carboxylic acids is 1. The third-order valence-corrected chi connectivity index (χ3v) is 6.70. The molecule has 1 aromatic heterocycles. The Bertz CT molecular complexity index is 1240. The Morgan fingerprint density at radius 3 is 2.36 bits per heavy atom. The molecule has 1 aliphatic heterocycles. The van der Waals surface area contributed by atoms with Crippen LogP contribution in [0.1, 0.15) is 37.6 Å². The zero-order chi connectivity index (χ0) is 24.8. The van der Waals surface area contributed by atoms with Crippen LogP contribution in [-0.2, 0) is 25.7 Å². The number of aromatic nitrogens is 2. The van der Waals surface area contributed by atoms with Crippen LogP contribution in [0, 0.1) is 5.41 Å². The molecule has 3 rings (SSSR count). The average Bonchev–Trinajstić information content (AvgIpc) is 2.70. The fourth-order valence-electron chi connectivity index (χ4n) is 2.90. The van der Waals surface area contributed by atoms with Crippen LogP contribution in [0.5, 0.6) is 0 Å². The van der Waals surface area contributed by atoms with E-state index in [4.69, 9.17) is 16.3 Å². The minimum Gasteiger partial charge on any atom is -0.422 e. The van der Waals surface area contributed by atoms with Gasteiger partial charge in [0.2, 0.25) is 0 Å². The van der Waals surface area contributed by atoms with Crippen LogP contribution in [0.4, 0.5) is 23.4 Å². The van der Waals surface area contributed by atoms with Gasteiger partial charge in [0.25, 0.3) is 10.0 Å². The molecule has 0 saturated heterocycles. The van der Waals surface area contributed by atoms with Gasteiger partial charge in [0, 0.05) is 23.0 Å². The molecule has 0 radical (unpaired) electrons. The number of rotatable bonds is 4. The molecular formula is C20H18ClF4N3O4S. The van der Waals surface area contributed by atoms with E-state index in [0.717, 1.165) is 12.3 Å². The van der Waals surface area contributed by atoms with Crippen LogP contribution < -0.4 is 4.31 Å². The molecule has 0 aliphatic carbocycles. The predicted octanol–water partition coefficient (Wildman–Crippen LogP) is 4.68. The van der Waals surface area contributed by atoms with E-state index < -0.39 is 62.6 Å². The van der Waals surface area contributed by atoms with Gasteiger partial charge in [-0.05, 0) is 39.0 Å². The maximum absolute atomic E-state index is 13.5. The Kier molecular flexibility index (Phi) is 6.46. The number of hydrogen-bond acceptors (Lipinski definition) is 6. The third-order valence-electron chi connectivity index (χ3n) is 4.52. The summed E-state index contributed by atoms with van der Waals surface area (Å²) in [5, 5.41) is -0.363. The molecule has 0 atom stereocenters. The monoisotopic (exact) mass is 507 g/mol. The van der Waals surface area contributed by atoms with Gasteiger partial charge >= 0.3 is 12.1 Å². The molecule has 178 valence electrons. The number of benzene rings is 1. The standard InChI is InChI=1S/C20H18ClF4N3O4S/c1-19(2,3)18(29)32-15-14-17(27-8-7-26-14)28(9-6-22)33(30,31)16(15)12-10-11(20(23,24)25)4-5-13(12)21/h4-5,7-8,10H,6,9H2,1-3H3. The summed E-state index contributed by atoms with van der Waals surface area (Å²) >= 11 is 6.12. The van der Waals surface area contributed by atoms with Crippen molar-refractivity contribution in [3.63, 3.8) is 0 Å². The van der Waals surface area contributed by atoms with Crippen molar-refractivity contribution in [2.45, 2.75) is 26.9 Å². The first-order valence-corrected chi connectivity index (χ1v) is 11.2. The van der Waals surface area contributed by atoms with E-state index in [9.17, 15) is 30.8 Å². The normalized spacial score (nSPS) is 15.9. The molecule has 0 saturated carbocycles. The van der Waals surface area contributed by atoms with E-state index in [1.807, 2.05) is 0 Å². The summed E-state index contributed by atoms with van der Waals surface area (Å²) in [6.45, 7) is 2.66. The fraction of sp³-hybridized carbons (Fsp3) is 0.350. The molecule has 1 aliphatic rings. The molecule has 7 nitrogen and oxygen atoms in total. The second kappa shape index (κ2) is 8.56. The number of sulfonamides is 1. The van der Waals surface area contributed by atoms with Crippen molar-refractivity contribution < 1.29 is 35.5 Å². The van der Waals surface area contributed by atoms with Crippen LogP contribution in [0.3, 0.4) is 0 Å². The Hall–Kier alpha value is -2.73. The van der Waals surface area contributed by atoms with Gasteiger partial charge in [-0.2, -0.15) is 13.2 Å². The predicted molar refractivity (Wildman–Crippen MR) is 113 cm³/mol. The van der Waals surface area contributed by atoms with Crippen molar-refractivity contribution in [2.75, 3.05) is 17.5 Å². The van der Waals surface area contributed by atoms with E-state index in [1.54, 1.807) is 0 Å². The molecular weight excluding hydrogens is 490 g/mol. The van der Waals surface area contributed by atoms with E-state index >= 15 is 0 Å². The number of halogens is 5. The number of anilines is 1. The van der Waals surface area contributed by atoms with E-state index in [0.29, 0.717) is 16.4 Å². The lowest BCUT2D eigenvalue weighted by Gasteiger charge is -2.31. The van der Waals surface area contributed by atoms with Crippen molar-refractivity contribution in [1.82, 2.24) is 9.97 Å². The molecule has 1 aromatic carbocycles. The fourth-order valence-corrected chi connectivity index (χ4v) is 4.88. The van der Waals surface area contributed by atoms with Gasteiger partial charge < -0.3 is 4.74 Å². The summed E-state index contributed by atoms with van der Waals surface area (Å²) < 4.78 is 86.4. The highest BCUT2D eigenvalue weighted by atomic mass is 35.5. The Morgan fingerprint density at radius 1 is 1.15 bits per heavy atom. The summed E-state index contributed by atoms with van der Waals surface area (Å²) in [7, 11) is -4.78. The van der Waals surface area contributed by atoms with E-state index in [-0.39, 0.29) is 16.5 Å². The highest BCUT2D eigenvalue weighted by Crippen LogP contribution is 2.45. The largest absolute Gasteiger partial charge is 0.422 e. The van der Waals surface area contributed by atoms with Crippen LogP contribution in [-0.4, -0.2) is 37.6 Å². The van der Waals surface area contributed by atoms with Gasteiger partial charge in [-0.1, -0.05) is 11.6 Å². The Morgan fingerprint density at radius 2 is 1.79 bits per heavy atom. The lowest BCUT2D eigenvalue weighted by Crippen LogP contribution is -2.39. The number of alkyl halides is 4. The number of hydrogen-bond donors (Lipinski definition) is 0. The molecule has 0 unspecified atom stereocenters. The van der Waals surface area contributed by atoms with Gasteiger partial charge in [0.1, 0.15) is 11.6 Å². The average molecular weight is 508 g/mol. The summed E-state index contributed by atoms with van der Waals surface area (Å²) in [4.78, 5) is 19.8. The Balaban J connectivity index is 2.44. The molecule has 0 bridgehead atoms. The minimum atomic E-state index is -4.82. The number of nitrogens with zero attached hydrogens (tertiary/aromatic N) is 3. The Labute approximate surface area is 192 Å². The molecule has 33 heavy (non-hydrogen) atoms. The van der Waals surface area contributed by atoms with Crippen molar-refractivity contribution in [3.8, 4) is 0 Å². The zero-order valence-electron chi connectivity index (χ0n) is 17.6. The number of ether oxygens (including phenoxy) is 1. The maximum atomic E-state index is 13.5. The lowest BCUT2D eigenvalue weighted by molar-refractivity contribution is -0.145. The first kappa shape index (κ1) is 24.9. The summed E-state index contributed by atoms with van der Waals surface area (Å²) in [5.74, 6) is -1.86. The van der Waals surface area contributed by atoms with Crippen molar-refractivity contribution in [1.29, 1.82) is 0 Å². The first-order valence-electron chi connectivity index (χ1n) is 9.43. The van der Waals surface area contributed by atoms with Crippen LogP contribution >= 0.6 is 11.6 Å². The van der Waals surface area contributed by atoms with Gasteiger partial charge in [-0.15, -0.1) is 0 Å². The summed E-state index contributed by atoms with van der Waals surface area (Å²) in [5.41, 5.74) is -3.14. The SMILES string of the molecule is CC(C)(C)C(=O)OC1=C(c2cc(C(F)(F)F)ccc2Cl)S(=O)(=O)N(CCF)c2nccnc21. The highest BCUT2D eigenvalue weighted by molar-refractivity contribution is 8.02. The smallest absolute Gasteiger partial charge is 0.416 e. The minimum absolute atomic E-state index is 0.262. The molecule has 13 heteroatoms. The van der Waals surface area contributed by atoms with Crippen molar-refractivity contribution in [2.24, 2.45) is 5.41 Å². The van der Waals surface area contributed by atoms with Crippen LogP contribution in [0.15, 0.2) is 30.6 Å². The molecule has 2 heterocycles. The van der Waals surface area contributed by atoms with E-state index in [2.05, 4.69) is 9.97 Å². The van der Waals surface area contributed by atoms with E-state index in [1.165, 1.54) is 27.0 Å². The number of carbonyl (C=O) groups is 1. The lowest BCUT2D eigenvalue weighted by atomic mass is 9.97. The summed E-state index contributed by atoms with van der Waals surface area (Å²) in [6.07, 6.45) is -2.51. The third kappa shape index (κ3) is 4.67. The molecule has 2 aromatic rings. The second-order valence-corrected chi connectivity index (χ2v) is 10.2. The van der Waals surface area contributed by atoms with Gasteiger partial charge in [0.15, 0.2) is 17.3 Å². The second-order valence-electron chi connectivity index (χ2n) is 7.98. The topological polar surface area (TPSA) is 89.5 Å². The first-order chi connectivity index (χ1) is 15.2. The van der Waals surface area contributed by atoms with Crippen LogP contribution in [0.2, 0.25) is 5.02 Å². The van der Waals surface area contributed by atoms with Crippen molar-refractivity contribution in [3.05, 3.63) is 52.4 Å². The van der Waals surface area contributed by atoms with Crippen LogP contribution in [0.25, 0.3) is 10.7 Å². The molecule has 0 fully saturated rings. The molecule has 0 amide bonds. The molecule has 0 spiro atoms. The molecule has 0 N–H and O–H groups in total. The number of fused-ring (bicyclic) bond motifs is 1. The zero-order valence-corrected chi connectivity index (χ0v) is 19.1. The van der Waals surface area contributed by atoms with Gasteiger partial charge in [0.05, 0.1) is 17.5 Å². The summed E-state index contributed by atoms with van der Waals surface area (Å²) in [6, 6.07) is 2.07. The van der Waals surface area contributed by atoms with Gasteiger partial charge in [-0.3, -0.25) is 4.79 Å². The quantitative estimate of drug-likeness (QED) is 0.441. The number of esters is 1. The van der Waals surface area contributed by atoms with Crippen molar-refractivity contribution >= 4 is 44.1 Å². The maximum Gasteiger partial charge on any atom is 0.416 e.